The molecule has 0 aromatic rings. The quantitative estimate of drug-likeness (QED) is 0.436. The van der Waals surface area contributed by atoms with Crippen LogP contribution in [0, 0.1) is 0 Å². The number of rotatable bonds is 7. The van der Waals surface area contributed by atoms with Gasteiger partial charge in [0, 0.05) is 12.8 Å². The van der Waals surface area contributed by atoms with E-state index in [0.717, 1.165) is 12.8 Å². The topological polar surface area (TPSA) is 63.6 Å². The van der Waals surface area contributed by atoms with Crippen molar-refractivity contribution in [2.24, 2.45) is 0 Å². The number of aliphatic hydroxyl groups is 1. The molecule has 0 aromatic carbocycles. The van der Waals surface area contributed by atoms with Gasteiger partial charge in [0.2, 0.25) is 0 Å². The van der Waals surface area contributed by atoms with Gasteiger partial charge in [-0.05, 0) is 44.8 Å². The molecule has 0 amide bonds. The number of carbonyl (C=O) groups is 2. The number of esters is 1. The normalized spacial score (nSPS) is 19.3. The second kappa shape index (κ2) is 7.89. The van der Waals surface area contributed by atoms with E-state index in [9.17, 15) is 14.7 Å². The standard InChI is InChI=1S/C15H22O4/c1-11(2)19-15(18)8-6-4-3-5-7-12-9-13(16)10-14(12)17/h3,5,9,11,13,16H,4,6-8,10H2,1-2H3/b5-3-/t13-/m0/s1. The number of hydrogen-bond donors (Lipinski definition) is 1. The van der Waals surface area contributed by atoms with Gasteiger partial charge in [0.1, 0.15) is 0 Å². The highest BCUT2D eigenvalue weighted by molar-refractivity contribution is 5.98. The number of aliphatic hydroxyl groups excluding tert-OH is 1. The molecule has 1 aliphatic rings. The lowest BCUT2D eigenvalue weighted by Gasteiger charge is -2.06. The highest BCUT2D eigenvalue weighted by Gasteiger charge is 2.20. The van der Waals surface area contributed by atoms with E-state index in [4.69, 9.17) is 4.74 Å². The fourth-order valence-corrected chi connectivity index (χ4v) is 1.90. The lowest BCUT2D eigenvalue weighted by Crippen LogP contribution is -2.10. The highest BCUT2D eigenvalue weighted by atomic mass is 16.5. The van der Waals surface area contributed by atoms with Crippen molar-refractivity contribution in [1.29, 1.82) is 0 Å². The SMILES string of the molecule is CC(C)OC(=O)CCC/C=C\CC1=C[C@H](O)CC1=O. The number of Topliss-reactive ketones (excluding diaryl/α,β-unsaturated/α-hetero) is 1. The molecule has 1 rings (SSSR count). The van der Waals surface area contributed by atoms with E-state index in [1.165, 1.54) is 0 Å². The average molecular weight is 266 g/mol. The van der Waals surface area contributed by atoms with Crippen LogP contribution in [0.4, 0.5) is 0 Å². The predicted molar refractivity (Wildman–Crippen MR) is 72.5 cm³/mol. The summed E-state index contributed by atoms with van der Waals surface area (Å²) in [6, 6.07) is 0. The molecule has 19 heavy (non-hydrogen) atoms. The van der Waals surface area contributed by atoms with Crippen molar-refractivity contribution in [3.05, 3.63) is 23.8 Å². The van der Waals surface area contributed by atoms with E-state index in [0.29, 0.717) is 18.4 Å². The monoisotopic (exact) mass is 266 g/mol. The zero-order valence-electron chi connectivity index (χ0n) is 11.6. The molecular weight excluding hydrogens is 244 g/mol. The Kier molecular flexibility index (Phi) is 6.50. The Labute approximate surface area is 114 Å². The number of ether oxygens (including phenoxy) is 1. The molecule has 1 N–H and O–H groups in total. The lowest BCUT2D eigenvalue weighted by molar-refractivity contribution is -0.147. The van der Waals surface area contributed by atoms with E-state index in [1.807, 2.05) is 26.0 Å². The summed E-state index contributed by atoms with van der Waals surface area (Å²) in [4.78, 5) is 22.6. The van der Waals surface area contributed by atoms with E-state index in [-0.39, 0.29) is 24.3 Å². The summed E-state index contributed by atoms with van der Waals surface area (Å²) in [5.41, 5.74) is 0.683. The first-order valence-corrected chi connectivity index (χ1v) is 6.75. The molecule has 4 nitrogen and oxygen atoms in total. The summed E-state index contributed by atoms with van der Waals surface area (Å²) in [6.45, 7) is 3.66. The van der Waals surface area contributed by atoms with Crippen molar-refractivity contribution in [2.45, 2.75) is 58.2 Å². The summed E-state index contributed by atoms with van der Waals surface area (Å²) < 4.78 is 5.02. The minimum absolute atomic E-state index is 0.0256. The molecular formula is C15H22O4. The van der Waals surface area contributed by atoms with Crippen LogP contribution in [0.5, 0.6) is 0 Å². The van der Waals surface area contributed by atoms with Gasteiger partial charge in [-0.15, -0.1) is 0 Å². The molecule has 0 unspecified atom stereocenters. The van der Waals surface area contributed by atoms with Crippen LogP contribution in [0.1, 0.15) is 46.0 Å². The summed E-state index contributed by atoms with van der Waals surface area (Å²) in [7, 11) is 0. The average Bonchev–Trinajstić information content (AvgIpc) is 2.61. The molecule has 0 saturated heterocycles. The van der Waals surface area contributed by atoms with Gasteiger partial charge in [0.15, 0.2) is 5.78 Å². The van der Waals surface area contributed by atoms with Crippen LogP contribution in [-0.4, -0.2) is 29.1 Å². The van der Waals surface area contributed by atoms with Gasteiger partial charge in [0.05, 0.1) is 12.2 Å². The minimum atomic E-state index is -0.610. The molecule has 0 spiro atoms. The van der Waals surface area contributed by atoms with Crippen LogP contribution in [-0.2, 0) is 14.3 Å². The van der Waals surface area contributed by atoms with Crippen LogP contribution < -0.4 is 0 Å². The zero-order valence-corrected chi connectivity index (χ0v) is 11.6. The maximum absolute atomic E-state index is 11.4. The Hall–Kier alpha value is -1.42. The van der Waals surface area contributed by atoms with Gasteiger partial charge in [-0.1, -0.05) is 12.2 Å². The van der Waals surface area contributed by atoms with E-state index < -0.39 is 6.10 Å². The molecule has 0 aliphatic heterocycles. The van der Waals surface area contributed by atoms with Gasteiger partial charge >= 0.3 is 5.97 Å². The summed E-state index contributed by atoms with van der Waals surface area (Å²) in [5.74, 6) is -0.141. The third kappa shape index (κ3) is 6.34. The highest BCUT2D eigenvalue weighted by Crippen LogP contribution is 2.18. The molecule has 0 heterocycles. The third-order valence-corrected chi connectivity index (χ3v) is 2.77. The van der Waals surface area contributed by atoms with Gasteiger partial charge in [-0.25, -0.2) is 0 Å². The Morgan fingerprint density at radius 1 is 1.53 bits per heavy atom. The van der Waals surface area contributed by atoms with Crippen molar-refractivity contribution in [2.75, 3.05) is 0 Å². The maximum atomic E-state index is 11.4. The van der Waals surface area contributed by atoms with Crippen molar-refractivity contribution < 1.29 is 19.4 Å². The van der Waals surface area contributed by atoms with E-state index >= 15 is 0 Å². The third-order valence-electron chi connectivity index (χ3n) is 2.77. The molecule has 0 fully saturated rings. The van der Waals surface area contributed by atoms with E-state index in [2.05, 4.69) is 0 Å². The first-order valence-electron chi connectivity index (χ1n) is 6.75. The zero-order chi connectivity index (χ0) is 14.3. The van der Waals surface area contributed by atoms with Crippen LogP contribution in [0.3, 0.4) is 0 Å². The van der Waals surface area contributed by atoms with Crippen molar-refractivity contribution >= 4 is 11.8 Å². The number of unbranched alkanes of at least 4 members (excludes halogenated alkanes) is 1. The molecule has 0 saturated carbocycles. The van der Waals surface area contributed by atoms with Crippen molar-refractivity contribution in [1.82, 2.24) is 0 Å². The predicted octanol–water partition coefficient (Wildman–Crippen LogP) is 2.31. The van der Waals surface area contributed by atoms with Crippen LogP contribution in [0.15, 0.2) is 23.8 Å². The molecule has 0 aromatic heterocycles. The number of carbonyl (C=O) groups excluding carboxylic acids is 2. The Bertz CT molecular complexity index is 380. The number of allylic oxidation sites excluding steroid dienone is 3. The second-order valence-corrected chi connectivity index (χ2v) is 4.99. The van der Waals surface area contributed by atoms with Crippen molar-refractivity contribution in [3.8, 4) is 0 Å². The molecule has 106 valence electrons. The van der Waals surface area contributed by atoms with Crippen LogP contribution >= 0.6 is 0 Å². The smallest absolute Gasteiger partial charge is 0.306 e. The lowest BCUT2D eigenvalue weighted by atomic mass is 10.1. The van der Waals surface area contributed by atoms with Gasteiger partial charge in [-0.2, -0.15) is 0 Å². The van der Waals surface area contributed by atoms with Crippen molar-refractivity contribution in [3.63, 3.8) is 0 Å². The summed E-state index contributed by atoms with van der Waals surface area (Å²) in [6.07, 6.45) is 7.55. The van der Waals surface area contributed by atoms with Gasteiger partial charge < -0.3 is 9.84 Å². The largest absolute Gasteiger partial charge is 0.463 e. The maximum Gasteiger partial charge on any atom is 0.306 e. The first-order chi connectivity index (χ1) is 8.99. The Balaban J connectivity index is 2.13. The van der Waals surface area contributed by atoms with Gasteiger partial charge in [-0.3, -0.25) is 9.59 Å². The Morgan fingerprint density at radius 2 is 2.26 bits per heavy atom. The molecule has 4 heteroatoms. The fourth-order valence-electron chi connectivity index (χ4n) is 1.90. The fraction of sp³-hybridized carbons (Fsp3) is 0.600. The van der Waals surface area contributed by atoms with E-state index in [1.54, 1.807) is 6.08 Å². The molecule has 1 atom stereocenters. The number of ketones is 1. The molecule has 0 radical (unpaired) electrons. The summed E-state index contributed by atoms with van der Waals surface area (Å²) >= 11 is 0. The number of hydrogen-bond acceptors (Lipinski definition) is 4. The second-order valence-electron chi connectivity index (χ2n) is 4.99. The Morgan fingerprint density at radius 3 is 2.84 bits per heavy atom. The van der Waals surface area contributed by atoms with Gasteiger partial charge in [0.25, 0.3) is 0 Å². The van der Waals surface area contributed by atoms with Crippen LogP contribution in [0.25, 0.3) is 0 Å². The minimum Gasteiger partial charge on any atom is -0.463 e. The molecule has 1 aliphatic carbocycles. The molecule has 0 bridgehead atoms. The van der Waals surface area contributed by atoms with Crippen LogP contribution in [0.2, 0.25) is 0 Å². The summed E-state index contributed by atoms with van der Waals surface area (Å²) in [5, 5.41) is 9.27. The first kappa shape index (κ1) is 15.6.